The maximum Gasteiger partial charge on any atom is 0.205 e. The molecule has 0 bridgehead atoms. The van der Waals surface area contributed by atoms with Crippen LogP contribution in [0.2, 0.25) is 0 Å². The first-order valence-corrected chi connectivity index (χ1v) is 8.04. The van der Waals surface area contributed by atoms with Crippen molar-refractivity contribution >= 4 is 16.7 Å². The van der Waals surface area contributed by atoms with Crippen LogP contribution in [0.1, 0.15) is 6.92 Å². The van der Waals surface area contributed by atoms with Gasteiger partial charge in [-0.2, -0.15) is 9.36 Å². The number of aliphatic hydroxyl groups excluding tert-OH is 1. The zero-order valence-corrected chi connectivity index (χ0v) is 13.0. The second kappa shape index (κ2) is 6.51. The summed E-state index contributed by atoms with van der Waals surface area (Å²) in [7, 11) is 0. The van der Waals surface area contributed by atoms with Crippen LogP contribution in [0.25, 0.3) is 11.4 Å². The van der Waals surface area contributed by atoms with Gasteiger partial charge in [0.25, 0.3) is 0 Å². The lowest BCUT2D eigenvalue weighted by atomic mass is 10.2. The van der Waals surface area contributed by atoms with Crippen LogP contribution in [0.4, 0.5) is 5.13 Å². The number of rotatable bonds is 4. The van der Waals surface area contributed by atoms with Gasteiger partial charge in [-0.25, -0.2) is 0 Å². The molecule has 0 radical (unpaired) electrons. The molecule has 5 nitrogen and oxygen atoms in total. The van der Waals surface area contributed by atoms with E-state index in [1.54, 1.807) is 0 Å². The topological polar surface area (TPSA) is 52.5 Å². The molecule has 0 saturated carbocycles. The summed E-state index contributed by atoms with van der Waals surface area (Å²) in [5.41, 5.74) is 1.06. The van der Waals surface area contributed by atoms with Crippen LogP contribution < -0.4 is 4.90 Å². The quantitative estimate of drug-likeness (QED) is 0.932. The number of β-amino-alcohol motifs (C(OH)–C–C–N with tert-alkyl or cyclic N) is 1. The van der Waals surface area contributed by atoms with Gasteiger partial charge < -0.3 is 10.0 Å². The van der Waals surface area contributed by atoms with Crippen molar-refractivity contribution in [2.45, 2.75) is 13.0 Å². The number of anilines is 1. The highest BCUT2D eigenvalue weighted by molar-refractivity contribution is 7.09. The number of hydrogen-bond donors (Lipinski definition) is 1. The molecule has 1 aromatic heterocycles. The van der Waals surface area contributed by atoms with Crippen LogP contribution in [0.15, 0.2) is 30.3 Å². The lowest BCUT2D eigenvalue weighted by molar-refractivity contribution is 0.122. The van der Waals surface area contributed by atoms with Gasteiger partial charge in [0.2, 0.25) is 5.13 Å². The molecule has 2 heterocycles. The molecule has 21 heavy (non-hydrogen) atoms. The summed E-state index contributed by atoms with van der Waals surface area (Å²) in [4.78, 5) is 9.23. The van der Waals surface area contributed by atoms with E-state index in [4.69, 9.17) is 0 Å². The first kappa shape index (κ1) is 14.4. The molecule has 1 fully saturated rings. The fourth-order valence-electron chi connectivity index (χ4n) is 2.54. The van der Waals surface area contributed by atoms with Crippen LogP contribution in [0.3, 0.4) is 0 Å². The molecule has 0 aliphatic carbocycles. The van der Waals surface area contributed by atoms with Crippen molar-refractivity contribution in [3.63, 3.8) is 0 Å². The monoisotopic (exact) mass is 304 g/mol. The average Bonchev–Trinajstić information content (AvgIpc) is 2.98. The van der Waals surface area contributed by atoms with E-state index in [9.17, 15) is 5.11 Å². The van der Waals surface area contributed by atoms with E-state index in [1.807, 2.05) is 37.3 Å². The van der Waals surface area contributed by atoms with E-state index in [0.717, 1.165) is 49.2 Å². The van der Waals surface area contributed by atoms with Crippen molar-refractivity contribution in [1.82, 2.24) is 14.3 Å². The molecule has 1 aliphatic rings. The molecule has 0 spiro atoms. The molecule has 0 unspecified atom stereocenters. The smallest absolute Gasteiger partial charge is 0.205 e. The first-order valence-electron chi connectivity index (χ1n) is 7.27. The molecule has 1 N–H and O–H groups in total. The summed E-state index contributed by atoms with van der Waals surface area (Å²) in [6.45, 7) is 6.39. The van der Waals surface area contributed by atoms with Crippen LogP contribution >= 0.6 is 11.5 Å². The Labute approximate surface area is 129 Å². The van der Waals surface area contributed by atoms with Gasteiger partial charge in [0.15, 0.2) is 5.82 Å². The highest BCUT2D eigenvalue weighted by Crippen LogP contribution is 2.24. The lowest BCUT2D eigenvalue weighted by Gasteiger charge is -2.34. The zero-order valence-electron chi connectivity index (χ0n) is 12.1. The van der Waals surface area contributed by atoms with E-state index in [0.29, 0.717) is 0 Å². The maximum atomic E-state index is 9.44. The minimum Gasteiger partial charge on any atom is -0.392 e. The summed E-state index contributed by atoms with van der Waals surface area (Å²) in [6.07, 6.45) is -0.261. The largest absolute Gasteiger partial charge is 0.392 e. The fraction of sp³-hybridized carbons (Fsp3) is 0.467. The van der Waals surface area contributed by atoms with Crippen molar-refractivity contribution in [2.24, 2.45) is 0 Å². The highest BCUT2D eigenvalue weighted by Gasteiger charge is 2.20. The average molecular weight is 304 g/mol. The normalized spacial score (nSPS) is 17.9. The van der Waals surface area contributed by atoms with E-state index >= 15 is 0 Å². The second-order valence-corrected chi connectivity index (χ2v) is 6.13. The number of aliphatic hydroxyl groups is 1. The Balaban J connectivity index is 1.63. The van der Waals surface area contributed by atoms with Gasteiger partial charge in [0.1, 0.15) is 0 Å². The molecule has 6 heteroatoms. The Kier molecular flexibility index (Phi) is 4.48. The number of benzene rings is 1. The van der Waals surface area contributed by atoms with Crippen molar-refractivity contribution in [3.05, 3.63) is 30.3 Å². The van der Waals surface area contributed by atoms with E-state index in [1.165, 1.54) is 11.5 Å². The van der Waals surface area contributed by atoms with E-state index in [2.05, 4.69) is 19.2 Å². The van der Waals surface area contributed by atoms with Gasteiger partial charge in [-0.1, -0.05) is 30.3 Å². The Hall–Kier alpha value is -1.50. The number of piperazine rings is 1. The van der Waals surface area contributed by atoms with Crippen LogP contribution in [0, 0.1) is 0 Å². The third kappa shape index (κ3) is 3.58. The zero-order chi connectivity index (χ0) is 14.7. The van der Waals surface area contributed by atoms with Gasteiger partial charge in [0.05, 0.1) is 6.10 Å². The molecule has 3 rings (SSSR count). The van der Waals surface area contributed by atoms with Crippen LogP contribution in [0.5, 0.6) is 0 Å². The highest BCUT2D eigenvalue weighted by atomic mass is 32.1. The third-order valence-electron chi connectivity index (χ3n) is 3.61. The molecular formula is C15H20N4OS. The van der Waals surface area contributed by atoms with Gasteiger partial charge in [-0.05, 0) is 6.92 Å². The summed E-state index contributed by atoms with van der Waals surface area (Å²) < 4.78 is 4.46. The first-order chi connectivity index (χ1) is 10.2. The molecule has 112 valence electrons. The van der Waals surface area contributed by atoms with Gasteiger partial charge in [-0.3, -0.25) is 4.90 Å². The number of nitrogens with zero attached hydrogens (tertiary/aromatic N) is 4. The van der Waals surface area contributed by atoms with Gasteiger partial charge >= 0.3 is 0 Å². The summed E-state index contributed by atoms with van der Waals surface area (Å²) in [6, 6.07) is 10.1. The van der Waals surface area contributed by atoms with E-state index < -0.39 is 0 Å². The second-order valence-electron chi connectivity index (χ2n) is 5.40. The molecule has 1 aliphatic heterocycles. The standard InChI is InChI=1S/C15H20N4OS/c1-12(20)11-18-7-9-19(10-8-18)15-16-14(17-21-15)13-5-3-2-4-6-13/h2-6,12,20H,7-11H2,1H3/t12-/m1/s1. The molecule has 0 amide bonds. The summed E-state index contributed by atoms with van der Waals surface area (Å²) in [5.74, 6) is 0.807. The predicted octanol–water partition coefficient (Wildman–Crippen LogP) is 1.71. The summed E-state index contributed by atoms with van der Waals surface area (Å²) in [5, 5.41) is 10.4. The SMILES string of the molecule is C[C@@H](O)CN1CCN(c2nc(-c3ccccc3)ns2)CC1. The van der Waals surface area contributed by atoms with Crippen molar-refractivity contribution < 1.29 is 5.11 Å². The molecular weight excluding hydrogens is 284 g/mol. The minimum atomic E-state index is -0.261. The van der Waals surface area contributed by atoms with E-state index in [-0.39, 0.29) is 6.10 Å². The minimum absolute atomic E-state index is 0.261. The Morgan fingerprint density at radius 1 is 1.19 bits per heavy atom. The maximum absolute atomic E-state index is 9.44. The number of hydrogen-bond acceptors (Lipinski definition) is 6. The molecule has 2 aromatic rings. The predicted molar refractivity (Wildman–Crippen MR) is 85.7 cm³/mol. The van der Waals surface area contributed by atoms with Crippen molar-refractivity contribution in [1.29, 1.82) is 0 Å². The Morgan fingerprint density at radius 3 is 2.57 bits per heavy atom. The van der Waals surface area contributed by atoms with Crippen LogP contribution in [-0.4, -0.2) is 58.2 Å². The molecule has 1 saturated heterocycles. The third-order valence-corrected chi connectivity index (χ3v) is 4.39. The summed E-state index contributed by atoms with van der Waals surface area (Å²) >= 11 is 1.46. The Bertz CT molecular complexity index is 564. The lowest BCUT2D eigenvalue weighted by Crippen LogP contribution is -2.48. The van der Waals surface area contributed by atoms with Crippen LogP contribution in [-0.2, 0) is 0 Å². The molecule has 1 atom stereocenters. The van der Waals surface area contributed by atoms with Gasteiger partial charge in [-0.15, -0.1) is 0 Å². The fourth-order valence-corrected chi connectivity index (χ4v) is 3.28. The van der Waals surface area contributed by atoms with Crippen molar-refractivity contribution in [3.8, 4) is 11.4 Å². The number of aromatic nitrogens is 2. The Morgan fingerprint density at radius 2 is 1.90 bits per heavy atom. The van der Waals surface area contributed by atoms with Gasteiger partial charge in [0, 0.05) is 49.8 Å². The molecule has 1 aromatic carbocycles. The van der Waals surface area contributed by atoms with Crippen molar-refractivity contribution in [2.75, 3.05) is 37.6 Å².